The molecule has 1 N–H and O–H groups in total. The van der Waals surface area contributed by atoms with Crippen molar-refractivity contribution in [2.75, 3.05) is 0 Å². The van der Waals surface area contributed by atoms with E-state index < -0.39 is 27.8 Å². The van der Waals surface area contributed by atoms with Crippen molar-refractivity contribution in [2.45, 2.75) is 9.79 Å². The summed E-state index contributed by atoms with van der Waals surface area (Å²) in [6, 6.07) is 9.29. The lowest BCUT2D eigenvalue weighted by Crippen LogP contribution is -2.07. The number of nitrogens with zero attached hydrogens (tertiary/aromatic N) is 1. The summed E-state index contributed by atoms with van der Waals surface area (Å²) in [6.45, 7) is 0. The maximum Gasteiger partial charge on any atom is 0.335 e. The average Bonchev–Trinajstić information content (AvgIpc) is 2.46. The van der Waals surface area contributed by atoms with Crippen molar-refractivity contribution >= 4 is 34.4 Å². The first-order valence-electron chi connectivity index (χ1n) is 5.59. The molecule has 6 nitrogen and oxygen atoms in total. The largest absolute Gasteiger partial charge is 0.606 e. The fourth-order valence-corrected chi connectivity index (χ4v) is 2.91. The van der Waals surface area contributed by atoms with Crippen LogP contribution in [0.3, 0.4) is 0 Å². The van der Waals surface area contributed by atoms with Crippen molar-refractivity contribution in [3.8, 4) is 0 Å². The maximum absolute atomic E-state index is 12.4. The highest BCUT2D eigenvalue weighted by Gasteiger charge is 2.27. The Morgan fingerprint density at radius 1 is 1.19 bits per heavy atom. The normalized spacial score (nSPS) is 11.9. The molecule has 0 fully saturated rings. The number of hydrogen-bond donors (Lipinski definition) is 1. The predicted molar refractivity (Wildman–Crippen MR) is 76.2 cm³/mol. The van der Waals surface area contributed by atoms with Crippen LogP contribution in [0.4, 0.5) is 5.69 Å². The van der Waals surface area contributed by atoms with E-state index in [0.717, 1.165) is 6.07 Å². The number of nitro groups is 1. The van der Waals surface area contributed by atoms with E-state index in [4.69, 9.17) is 16.7 Å². The van der Waals surface area contributed by atoms with Gasteiger partial charge in [-0.05, 0) is 30.3 Å². The highest BCUT2D eigenvalue weighted by molar-refractivity contribution is 7.91. The molecule has 8 heteroatoms. The van der Waals surface area contributed by atoms with Crippen LogP contribution in [0.25, 0.3) is 0 Å². The molecule has 0 saturated carbocycles. The summed E-state index contributed by atoms with van der Waals surface area (Å²) < 4.78 is 12.4. The first-order chi connectivity index (χ1) is 9.90. The Labute approximate surface area is 127 Å². The van der Waals surface area contributed by atoms with Gasteiger partial charge in [0.25, 0.3) is 0 Å². The van der Waals surface area contributed by atoms with Crippen molar-refractivity contribution in [2.24, 2.45) is 0 Å². The molecule has 0 bridgehead atoms. The SMILES string of the molecule is O=C(O)c1ccc([S+]([O-])c2ccc(Cl)cc2)c([N+](=O)[O-])c1. The van der Waals surface area contributed by atoms with Crippen LogP contribution in [-0.2, 0) is 11.2 Å². The zero-order chi connectivity index (χ0) is 15.6. The standard InChI is InChI=1S/C13H8ClNO5S/c14-9-2-4-10(5-3-9)21(20)12-6-1-8(13(16)17)7-11(12)15(18)19/h1-7H,(H,16,17). The van der Waals surface area contributed by atoms with Crippen LogP contribution in [0, 0.1) is 10.1 Å². The molecule has 0 heterocycles. The van der Waals surface area contributed by atoms with Crippen LogP contribution in [-0.4, -0.2) is 20.6 Å². The fraction of sp³-hybridized carbons (Fsp3) is 0. The number of carbonyl (C=O) groups is 1. The number of benzene rings is 2. The first kappa shape index (κ1) is 15.3. The van der Waals surface area contributed by atoms with Gasteiger partial charge in [0.2, 0.25) is 4.90 Å². The summed E-state index contributed by atoms with van der Waals surface area (Å²) >= 11 is 3.93. The average molecular weight is 326 g/mol. The molecule has 0 aliphatic heterocycles. The van der Waals surface area contributed by atoms with E-state index in [1.807, 2.05) is 0 Å². The van der Waals surface area contributed by atoms with E-state index in [1.165, 1.54) is 36.4 Å². The van der Waals surface area contributed by atoms with Gasteiger partial charge in [-0.25, -0.2) is 4.79 Å². The minimum atomic E-state index is -1.80. The Kier molecular flexibility index (Phi) is 4.46. The molecule has 0 aromatic heterocycles. The molecule has 0 aliphatic rings. The molecule has 2 rings (SSSR count). The molecular formula is C13H8ClNO5S. The molecule has 0 spiro atoms. The van der Waals surface area contributed by atoms with Crippen LogP contribution in [0.15, 0.2) is 52.3 Å². The Morgan fingerprint density at radius 2 is 1.81 bits per heavy atom. The number of hydrogen-bond acceptors (Lipinski definition) is 4. The van der Waals surface area contributed by atoms with E-state index in [0.29, 0.717) is 9.92 Å². The lowest BCUT2D eigenvalue weighted by molar-refractivity contribution is -0.387. The number of nitro benzene ring substituents is 1. The van der Waals surface area contributed by atoms with E-state index >= 15 is 0 Å². The molecule has 108 valence electrons. The quantitative estimate of drug-likeness (QED) is 0.528. The summed E-state index contributed by atoms with van der Waals surface area (Å²) in [5.74, 6) is -1.29. The van der Waals surface area contributed by atoms with Gasteiger partial charge in [-0.1, -0.05) is 11.6 Å². The molecule has 0 aliphatic carbocycles. The summed E-state index contributed by atoms with van der Waals surface area (Å²) in [7, 11) is 0. The molecule has 0 saturated heterocycles. The summed E-state index contributed by atoms with van der Waals surface area (Å²) in [4.78, 5) is 21.4. The Morgan fingerprint density at radius 3 is 2.33 bits per heavy atom. The van der Waals surface area contributed by atoms with Crippen LogP contribution in [0.2, 0.25) is 5.02 Å². The second-order valence-corrected chi connectivity index (χ2v) is 5.85. The fourth-order valence-electron chi connectivity index (χ4n) is 1.64. The van der Waals surface area contributed by atoms with Gasteiger partial charge in [-0.15, -0.1) is 0 Å². The van der Waals surface area contributed by atoms with Gasteiger partial charge in [0.05, 0.1) is 10.5 Å². The van der Waals surface area contributed by atoms with Crippen LogP contribution in [0.1, 0.15) is 10.4 Å². The number of carboxylic acids is 1. The van der Waals surface area contributed by atoms with Crippen LogP contribution in [0.5, 0.6) is 0 Å². The van der Waals surface area contributed by atoms with Gasteiger partial charge in [0.1, 0.15) is 0 Å². The number of rotatable bonds is 4. The van der Waals surface area contributed by atoms with Crippen molar-refractivity contribution < 1.29 is 19.4 Å². The lowest BCUT2D eigenvalue weighted by atomic mass is 10.2. The summed E-state index contributed by atoms with van der Waals surface area (Å²) in [5.41, 5.74) is -0.735. The van der Waals surface area contributed by atoms with Crippen molar-refractivity contribution in [1.82, 2.24) is 0 Å². The number of halogens is 1. The molecule has 1 atom stereocenters. The van der Waals surface area contributed by atoms with E-state index in [-0.39, 0.29) is 10.5 Å². The number of aromatic carboxylic acids is 1. The molecule has 2 aromatic carbocycles. The van der Waals surface area contributed by atoms with Crippen molar-refractivity contribution in [1.29, 1.82) is 0 Å². The third-order valence-electron chi connectivity index (χ3n) is 2.63. The van der Waals surface area contributed by atoms with Crippen molar-refractivity contribution in [3.63, 3.8) is 0 Å². The molecule has 21 heavy (non-hydrogen) atoms. The maximum atomic E-state index is 12.4. The van der Waals surface area contributed by atoms with E-state index in [9.17, 15) is 19.5 Å². The molecule has 0 radical (unpaired) electrons. The molecule has 1 unspecified atom stereocenters. The van der Waals surface area contributed by atoms with Gasteiger partial charge in [-0.2, -0.15) is 0 Å². The Bertz CT molecular complexity index is 704. The van der Waals surface area contributed by atoms with Crippen LogP contribution >= 0.6 is 11.6 Å². The second kappa shape index (κ2) is 6.13. The van der Waals surface area contributed by atoms with Gasteiger partial charge in [0.15, 0.2) is 4.90 Å². The monoisotopic (exact) mass is 325 g/mol. The Balaban J connectivity index is 2.49. The molecule has 2 aromatic rings. The van der Waals surface area contributed by atoms with Gasteiger partial charge in [-0.3, -0.25) is 10.1 Å². The molecule has 0 amide bonds. The zero-order valence-corrected chi connectivity index (χ0v) is 11.9. The third kappa shape index (κ3) is 3.33. The van der Waals surface area contributed by atoms with E-state index in [2.05, 4.69) is 0 Å². The van der Waals surface area contributed by atoms with Crippen molar-refractivity contribution in [3.05, 3.63) is 63.2 Å². The van der Waals surface area contributed by atoms with E-state index in [1.54, 1.807) is 0 Å². The summed E-state index contributed by atoms with van der Waals surface area (Å²) in [6.07, 6.45) is 0. The predicted octanol–water partition coefficient (Wildman–Crippen LogP) is 3.11. The highest BCUT2D eigenvalue weighted by Crippen LogP contribution is 2.30. The minimum absolute atomic E-state index is 0.0627. The second-order valence-electron chi connectivity index (χ2n) is 3.97. The lowest BCUT2D eigenvalue weighted by Gasteiger charge is -2.10. The zero-order valence-electron chi connectivity index (χ0n) is 10.4. The Hall–Kier alpha value is -2.09. The number of carboxylic acid groups (broad SMARTS) is 1. The van der Waals surface area contributed by atoms with Gasteiger partial charge in [0, 0.05) is 28.3 Å². The van der Waals surface area contributed by atoms with Gasteiger partial charge < -0.3 is 9.66 Å². The van der Waals surface area contributed by atoms with Gasteiger partial charge >= 0.3 is 11.7 Å². The summed E-state index contributed by atoms with van der Waals surface area (Å²) in [5, 5.41) is 20.3. The first-order valence-corrected chi connectivity index (χ1v) is 7.12. The van der Waals surface area contributed by atoms with Crippen LogP contribution < -0.4 is 0 Å². The highest BCUT2D eigenvalue weighted by atomic mass is 35.5. The smallest absolute Gasteiger partial charge is 0.335 e. The topological polar surface area (TPSA) is 104 Å². The molecular weight excluding hydrogens is 318 g/mol. The third-order valence-corrected chi connectivity index (χ3v) is 4.33. The minimum Gasteiger partial charge on any atom is -0.606 e.